The molecule has 4 heteroatoms. The van der Waals surface area contributed by atoms with E-state index >= 15 is 0 Å². The highest BCUT2D eigenvalue weighted by Gasteiger charge is 2.35. The number of carbonyl (C=O) groups is 1. The summed E-state index contributed by atoms with van der Waals surface area (Å²) in [5, 5.41) is 2.50. The zero-order valence-corrected chi connectivity index (χ0v) is 13.6. The van der Waals surface area contributed by atoms with Gasteiger partial charge in [-0.25, -0.2) is 0 Å². The van der Waals surface area contributed by atoms with Crippen molar-refractivity contribution in [3.63, 3.8) is 0 Å². The third-order valence-electron chi connectivity index (χ3n) is 4.14. The lowest BCUT2D eigenvalue weighted by Gasteiger charge is -2.38. The second-order valence-corrected chi connectivity index (χ2v) is 6.12. The lowest BCUT2D eigenvalue weighted by molar-refractivity contribution is 0.0955. The third kappa shape index (κ3) is 2.53. The summed E-state index contributed by atoms with van der Waals surface area (Å²) in [6.07, 6.45) is 0. The van der Waals surface area contributed by atoms with Gasteiger partial charge in [0.25, 0.3) is 0 Å². The van der Waals surface area contributed by atoms with Gasteiger partial charge >= 0.3 is 0 Å². The zero-order chi connectivity index (χ0) is 16.5. The van der Waals surface area contributed by atoms with E-state index in [1.807, 2.05) is 65.7 Å². The fourth-order valence-electron chi connectivity index (χ4n) is 3.02. The first-order chi connectivity index (χ1) is 11.7. The van der Waals surface area contributed by atoms with Crippen LogP contribution in [0.25, 0.3) is 0 Å². The molecule has 1 N–H and O–H groups in total. The Bertz CT molecular complexity index is 881. The van der Waals surface area contributed by atoms with Gasteiger partial charge in [0.15, 0.2) is 5.78 Å². The smallest absolute Gasteiger partial charge is 0.193 e. The molecule has 4 rings (SSSR count). The van der Waals surface area contributed by atoms with Crippen LogP contribution in [0.15, 0.2) is 78.9 Å². The molecule has 1 aliphatic rings. The molecule has 1 heterocycles. The van der Waals surface area contributed by atoms with Crippen LogP contribution in [0.1, 0.15) is 22.0 Å². The average molecular weight is 335 g/mol. The van der Waals surface area contributed by atoms with Crippen molar-refractivity contribution in [1.82, 2.24) is 0 Å². The van der Waals surface area contributed by atoms with Gasteiger partial charge < -0.3 is 0 Å². The first-order valence-electron chi connectivity index (χ1n) is 7.74. The second-order valence-electron chi connectivity index (χ2n) is 5.68. The number of benzene rings is 3. The molecule has 0 saturated heterocycles. The number of rotatable bonds is 2. The number of hydrazine groups is 1. The lowest BCUT2D eigenvalue weighted by atomic mass is 9.93. The van der Waals surface area contributed by atoms with Crippen LogP contribution in [-0.2, 0) is 0 Å². The van der Waals surface area contributed by atoms with E-state index < -0.39 is 6.04 Å². The maximum atomic E-state index is 13.2. The number of carbonyl (C=O) groups excluding carboxylic acids is 1. The molecule has 0 aliphatic carbocycles. The maximum Gasteiger partial charge on any atom is 0.193 e. The number of halogens is 1. The van der Waals surface area contributed by atoms with E-state index in [9.17, 15) is 4.79 Å². The number of nitrogens with zero attached hydrogens (tertiary/aromatic N) is 1. The molecule has 0 radical (unpaired) electrons. The third-order valence-corrected chi connectivity index (χ3v) is 4.38. The van der Waals surface area contributed by atoms with Gasteiger partial charge in [-0.05, 0) is 35.9 Å². The van der Waals surface area contributed by atoms with E-state index in [4.69, 9.17) is 11.6 Å². The molecule has 3 aromatic carbocycles. The summed E-state index contributed by atoms with van der Waals surface area (Å²) in [6.45, 7) is 0. The van der Waals surface area contributed by atoms with Crippen LogP contribution in [0.3, 0.4) is 0 Å². The van der Waals surface area contributed by atoms with E-state index in [2.05, 4.69) is 5.43 Å². The van der Waals surface area contributed by atoms with E-state index in [0.29, 0.717) is 10.6 Å². The highest BCUT2D eigenvalue weighted by atomic mass is 35.5. The molecule has 0 amide bonds. The molecule has 24 heavy (non-hydrogen) atoms. The summed E-state index contributed by atoms with van der Waals surface area (Å²) in [4.78, 5) is 13.2. The average Bonchev–Trinajstić information content (AvgIpc) is 2.63. The minimum absolute atomic E-state index is 0.0514. The number of hydrogen-bond donors (Lipinski definition) is 1. The van der Waals surface area contributed by atoms with Crippen LogP contribution in [0.4, 0.5) is 11.4 Å². The monoisotopic (exact) mass is 334 g/mol. The molecule has 0 spiro atoms. The summed E-state index contributed by atoms with van der Waals surface area (Å²) >= 11 is 6.10. The number of para-hydroxylation sites is 1. The quantitative estimate of drug-likeness (QED) is 0.706. The van der Waals surface area contributed by atoms with Crippen LogP contribution in [0.5, 0.6) is 0 Å². The van der Waals surface area contributed by atoms with Crippen molar-refractivity contribution in [3.8, 4) is 0 Å². The first-order valence-corrected chi connectivity index (χ1v) is 8.11. The van der Waals surface area contributed by atoms with E-state index in [1.165, 1.54) is 0 Å². The van der Waals surface area contributed by atoms with Gasteiger partial charge in [0, 0.05) is 10.6 Å². The largest absolute Gasteiger partial charge is 0.297 e. The van der Waals surface area contributed by atoms with E-state index in [0.717, 1.165) is 16.9 Å². The molecule has 3 nitrogen and oxygen atoms in total. The Morgan fingerprint density at radius 2 is 1.54 bits per heavy atom. The molecule has 0 saturated carbocycles. The highest BCUT2D eigenvalue weighted by Crippen LogP contribution is 2.37. The minimum Gasteiger partial charge on any atom is -0.297 e. The fourth-order valence-corrected chi connectivity index (χ4v) is 3.19. The highest BCUT2D eigenvalue weighted by molar-refractivity contribution is 6.31. The Labute approximate surface area is 145 Å². The molecule has 1 unspecified atom stereocenters. The number of fused-ring (bicyclic) bond motifs is 1. The predicted octanol–water partition coefficient (Wildman–Crippen LogP) is 5.11. The normalized spacial score (nSPS) is 16.5. The van der Waals surface area contributed by atoms with E-state index in [-0.39, 0.29) is 5.78 Å². The minimum atomic E-state index is -0.428. The topological polar surface area (TPSA) is 32.3 Å². The summed E-state index contributed by atoms with van der Waals surface area (Å²) in [7, 11) is 0. The molecule has 0 bridgehead atoms. The Kier molecular flexibility index (Phi) is 3.71. The molecule has 1 atom stereocenters. The van der Waals surface area contributed by atoms with Gasteiger partial charge in [-0.15, -0.1) is 0 Å². The Morgan fingerprint density at radius 3 is 2.25 bits per heavy atom. The van der Waals surface area contributed by atoms with Crippen molar-refractivity contribution in [1.29, 1.82) is 0 Å². The van der Waals surface area contributed by atoms with Crippen LogP contribution < -0.4 is 10.4 Å². The van der Waals surface area contributed by atoms with E-state index in [1.54, 1.807) is 18.2 Å². The number of Topliss-reactive ketones (excluding diaryl/α,β-unsaturated/α-hetero) is 1. The van der Waals surface area contributed by atoms with Crippen LogP contribution in [0, 0.1) is 0 Å². The summed E-state index contributed by atoms with van der Waals surface area (Å²) in [5.74, 6) is 0.0514. The Hall–Kier alpha value is -2.78. The Balaban J connectivity index is 1.87. The number of ketones is 1. The predicted molar refractivity (Wildman–Crippen MR) is 97.5 cm³/mol. The summed E-state index contributed by atoms with van der Waals surface area (Å²) in [5.41, 5.74) is 6.61. The SMILES string of the molecule is O=C1c2ccc(Cl)cc2NN(c2ccccc2)C1c1ccccc1. The van der Waals surface area contributed by atoms with Crippen LogP contribution in [-0.4, -0.2) is 5.78 Å². The van der Waals surface area contributed by atoms with Crippen molar-refractivity contribution in [2.24, 2.45) is 0 Å². The van der Waals surface area contributed by atoms with Crippen molar-refractivity contribution in [3.05, 3.63) is 95.0 Å². The number of hydrogen-bond acceptors (Lipinski definition) is 3. The molecule has 1 aliphatic heterocycles. The molecule has 118 valence electrons. The van der Waals surface area contributed by atoms with Gasteiger partial charge in [0.05, 0.1) is 11.4 Å². The maximum absolute atomic E-state index is 13.2. The summed E-state index contributed by atoms with van der Waals surface area (Å²) in [6, 6.07) is 24.5. The van der Waals surface area contributed by atoms with Crippen molar-refractivity contribution >= 4 is 28.8 Å². The Morgan fingerprint density at radius 1 is 0.875 bits per heavy atom. The van der Waals surface area contributed by atoms with Gasteiger partial charge in [-0.2, -0.15) is 0 Å². The fraction of sp³-hybridized carbons (Fsp3) is 0.0500. The van der Waals surface area contributed by atoms with Gasteiger partial charge in [-0.3, -0.25) is 15.2 Å². The van der Waals surface area contributed by atoms with Crippen LogP contribution >= 0.6 is 11.6 Å². The first kappa shape index (κ1) is 14.8. The second kappa shape index (κ2) is 6.02. The summed E-state index contributed by atoms with van der Waals surface area (Å²) < 4.78 is 0. The molecular formula is C20H15ClN2O. The number of anilines is 2. The van der Waals surface area contributed by atoms with Crippen LogP contribution in [0.2, 0.25) is 5.02 Å². The van der Waals surface area contributed by atoms with Crippen molar-refractivity contribution in [2.75, 3.05) is 10.4 Å². The van der Waals surface area contributed by atoms with Crippen molar-refractivity contribution < 1.29 is 4.79 Å². The van der Waals surface area contributed by atoms with Gasteiger partial charge in [-0.1, -0.05) is 60.1 Å². The van der Waals surface area contributed by atoms with Crippen molar-refractivity contribution in [2.45, 2.75) is 6.04 Å². The van der Waals surface area contributed by atoms with Gasteiger partial charge in [0.2, 0.25) is 0 Å². The number of nitrogens with one attached hydrogen (secondary N) is 1. The van der Waals surface area contributed by atoms with Gasteiger partial charge in [0.1, 0.15) is 6.04 Å². The lowest BCUT2D eigenvalue weighted by Crippen LogP contribution is -2.43. The standard InChI is InChI=1S/C20H15ClN2O/c21-15-11-12-17-18(13-15)22-23(16-9-5-2-6-10-16)19(20(17)24)14-7-3-1-4-8-14/h1-13,19,22H. The molecular weight excluding hydrogens is 320 g/mol. The zero-order valence-electron chi connectivity index (χ0n) is 12.8. The molecule has 0 fully saturated rings. The molecule has 0 aromatic heterocycles. The molecule has 3 aromatic rings.